The topological polar surface area (TPSA) is 103 Å². The Balaban J connectivity index is 1.58. The fourth-order valence-corrected chi connectivity index (χ4v) is 3.60. The first-order chi connectivity index (χ1) is 15.6. The first-order valence-electron chi connectivity index (χ1n) is 10.8. The van der Waals surface area contributed by atoms with Crippen LogP contribution in [0.2, 0.25) is 0 Å². The minimum atomic E-state index is -1.09. The predicted molar refractivity (Wildman–Crippen MR) is 129 cm³/mol. The molecule has 4 aromatic rings. The minimum Gasteiger partial charge on any atom is -0.478 e. The number of amides is 1. The van der Waals surface area contributed by atoms with Crippen molar-refractivity contribution >= 4 is 22.7 Å². The van der Waals surface area contributed by atoms with Crippen molar-refractivity contribution in [1.82, 2.24) is 9.97 Å². The van der Waals surface area contributed by atoms with E-state index in [4.69, 9.17) is 14.9 Å². The lowest BCUT2D eigenvalue weighted by Gasteiger charge is -2.23. The van der Waals surface area contributed by atoms with E-state index in [1.807, 2.05) is 63.2 Å². The molecule has 33 heavy (non-hydrogen) atoms. The van der Waals surface area contributed by atoms with E-state index in [0.717, 1.165) is 39.2 Å². The Morgan fingerprint density at radius 1 is 1.12 bits per heavy atom. The predicted octanol–water partition coefficient (Wildman–Crippen LogP) is 5.32. The van der Waals surface area contributed by atoms with E-state index in [1.54, 1.807) is 20.1 Å². The fourth-order valence-electron chi connectivity index (χ4n) is 3.60. The van der Waals surface area contributed by atoms with Gasteiger partial charge in [0, 0.05) is 17.0 Å². The lowest BCUT2D eigenvalue weighted by atomic mass is 10.1. The van der Waals surface area contributed by atoms with Crippen LogP contribution >= 0.6 is 0 Å². The van der Waals surface area contributed by atoms with Gasteiger partial charge in [0.2, 0.25) is 0 Å². The molecule has 0 saturated heterocycles. The smallest absolute Gasteiger partial charge is 0.261 e. The van der Waals surface area contributed by atoms with E-state index in [9.17, 15) is 4.79 Å². The highest BCUT2D eigenvalue weighted by molar-refractivity contribution is 5.86. The highest BCUT2D eigenvalue weighted by atomic mass is 16.5. The average molecular weight is 445 g/mol. The average Bonchev–Trinajstić information content (AvgIpc) is 3.13. The molecular formula is C26H28N4O3. The summed E-state index contributed by atoms with van der Waals surface area (Å²) in [6.07, 6.45) is 1.76. The summed E-state index contributed by atoms with van der Waals surface area (Å²) in [4.78, 5) is 20.8. The number of primary amides is 1. The highest BCUT2D eigenvalue weighted by Crippen LogP contribution is 2.29. The molecule has 0 fully saturated rings. The molecule has 0 bridgehead atoms. The van der Waals surface area contributed by atoms with Gasteiger partial charge in [0.25, 0.3) is 5.91 Å². The molecule has 0 aliphatic carbocycles. The van der Waals surface area contributed by atoms with Crippen molar-refractivity contribution in [3.8, 4) is 17.0 Å². The number of carbonyl (C=O) groups is 1. The van der Waals surface area contributed by atoms with Gasteiger partial charge in [-0.1, -0.05) is 12.1 Å². The second-order valence-corrected chi connectivity index (χ2v) is 8.73. The van der Waals surface area contributed by atoms with Crippen LogP contribution in [0.25, 0.3) is 22.2 Å². The van der Waals surface area contributed by atoms with Crippen LogP contribution in [0.3, 0.4) is 0 Å². The van der Waals surface area contributed by atoms with Gasteiger partial charge in [-0.05, 0) is 76.1 Å². The second kappa shape index (κ2) is 8.58. The maximum absolute atomic E-state index is 11.6. The lowest BCUT2D eigenvalue weighted by Crippen LogP contribution is -2.43. The summed E-state index contributed by atoms with van der Waals surface area (Å²) in [5, 5.41) is 4.52. The Morgan fingerprint density at radius 2 is 1.91 bits per heavy atom. The zero-order chi connectivity index (χ0) is 23.8. The van der Waals surface area contributed by atoms with Gasteiger partial charge in [0.05, 0.1) is 18.0 Å². The Kier molecular flexibility index (Phi) is 5.80. The summed E-state index contributed by atoms with van der Waals surface area (Å²) < 4.78 is 11.4. The van der Waals surface area contributed by atoms with E-state index in [1.165, 1.54) is 0 Å². The zero-order valence-electron chi connectivity index (χ0n) is 19.5. The van der Waals surface area contributed by atoms with Crippen molar-refractivity contribution < 1.29 is 13.9 Å². The number of nitrogens with one attached hydrogen (secondary N) is 1. The van der Waals surface area contributed by atoms with Crippen molar-refractivity contribution in [3.05, 3.63) is 71.7 Å². The molecule has 3 N–H and O–H groups in total. The van der Waals surface area contributed by atoms with Crippen molar-refractivity contribution in [3.63, 3.8) is 0 Å². The summed E-state index contributed by atoms with van der Waals surface area (Å²) in [6.45, 7) is 9.24. The molecule has 0 aliphatic heterocycles. The molecule has 7 nitrogen and oxygen atoms in total. The van der Waals surface area contributed by atoms with Gasteiger partial charge in [0.15, 0.2) is 5.60 Å². The molecule has 0 unspecified atom stereocenters. The van der Waals surface area contributed by atoms with Gasteiger partial charge >= 0.3 is 0 Å². The summed E-state index contributed by atoms with van der Waals surface area (Å²) in [5.41, 5.74) is 9.10. The number of carbonyl (C=O) groups excluding carboxylic acids is 1. The maximum atomic E-state index is 11.6. The Hall–Kier alpha value is -3.87. The molecule has 0 spiro atoms. The van der Waals surface area contributed by atoms with Crippen LogP contribution < -0.4 is 15.8 Å². The molecule has 2 heterocycles. The summed E-state index contributed by atoms with van der Waals surface area (Å²) in [7, 11) is 0. The molecule has 0 aliphatic rings. The molecule has 1 amide bonds. The second-order valence-electron chi connectivity index (χ2n) is 8.73. The number of nitrogens with zero attached hydrogens (tertiary/aromatic N) is 2. The fraction of sp³-hybridized carbons (Fsp3) is 0.269. The summed E-state index contributed by atoms with van der Waals surface area (Å²) in [6, 6.07) is 15.5. The first kappa shape index (κ1) is 22.3. The van der Waals surface area contributed by atoms with E-state index in [-0.39, 0.29) is 6.04 Å². The molecule has 2 aromatic heterocycles. The van der Waals surface area contributed by atoms with E-state index in [2.05, 4.69) is 21.4 Å². The summed E-state index contributed by atoms with van der Waals surface area (Å²) >= 11 is 0. The van der Waals surface area contributed by atoms with Crippen molar-refractivity contribution in [1.29, 1.82) is 0 Å². The van der Waals surface area contributed by atoms with Gasteiger partial charge < -0.3 is 20.2 Å². The zero-order valence-corrected chi connectivity index (χ0v) is 19.5. The molecule has 2 aromatic carbocycles. The lowest BCUT2D eigenvalue weighted by molar-refractivity contribution is -0.130. The van der Waals surface area contributed by atoms with Crippen LogP contribution in [0.15, 0.2) is 59.2 Å². The van der Waals surface area contributed by atoms with Gasteiger partial charge in [-0.2, -0.15) is 0 Å². The van der Waals surface area contributed by atoms with Crippen molar-refractivity contribution in [2.45, 2.75) is 46.3 Å². The Labute approximate surface area is 193 Å². The van der Waals surface area contributed by atoms with Crippen LogP contribution in [0, 0.1) is 13.8 Å². The van der Waals surface area contributed by atoms with E-state index < -0.39 is 11.5 Å². The minimum absolute atomic E-state index is 0.0639. The molecule has 0 radical (unpaired) electrons. The number of fused-ring (bicyclic) bond motifs is 1. The largest absolute Gasteiger partial charge is 0.478 e. The van der Waals surface area contributed by atoms with Crippen LogP contribution in [0.1, 0.15) is 43.8 Å². The number of aromatic nitrogens is 2. The van der Waals surface area contributed by atoms with Gasteiger partial charge in [0.1, 0.15) is 23.0 Å². The number of aryl methyl sites for hydroxylation is 2. The van der Waals surface area contributed by atoms with Crippen LogP contribution in [0.5, 0.6) is 5.75 Å². The number of ether oxygens (including phenoxy) is 1. The van der Waals surface area contributed by atoms with Crippen LogP contribution in [0.4, 0.5) is 5.82 Å². The SMILES string of the molecule is Cc1nc(N[C@H](C)c2cccc(OC(C)(C)C(N)=O)c2)cc(-c2ccc3occ(C)c3c2)n1. The quantitative estimate of drug-likeness (QED) is 0.400. The van der Waals surface area contributed by atoms with E-state index >= 15 is 0 Å². The number of hydrogen-bond donors (Lipinski definition) is 2. The molecule has 4 rings (SSSR count). The molecule has 1 atom stereocenters. The third kappa shape index (κ3) is 4.82. The number of nitrogens with two attached hydrogens (primary N) is 1. The van der Waals surface area contributed by atoms with Gasteiger partial charge in [-0.25, -0.2) is 9.97 Å². The van der Waals surface area contributed by atoms with Gasteiger partial charge in [-0.15, -0.1) is 0 Å². The van der Waals surface area contributed by atoms with Crippen LogP contribution in [-0.2, 0) is 4.79 Å². The number of rotatable bonds is 7. The number of hydrogen-bond acceptors (Lipinski definition) is 6. The normalized spacial score (nSPS) is 12.5. The standard InChI is InChI=1S/C26H28N4O3/c1-15-14-32-23-10-9-19(12-21(15)23)22-13-24(30-17(3)29-22)28-16(2)18-7-6-8-20(11-18)33-26(4,5)25(27)31/h6-14,16H,1-5H3,(H2,27,31)(H,28,29,30)/t16-/m1/s1. The Morgan fingerprint density at radius 3 is 2.67 bits per heavy atom. The first-order valence-corrected chi connectivity index (χ1v) is 10.8. The Bertz CT molecular complexity index is 1330. The molecular weight excluding hydrogens is 416 g/mol. The highest BCUT2D eigenvalue weighted by Gasteiger charge is 2.27. The number of benzene rings is 2. The molecule has 0 saturated carbocycles. The third-order valence-corrected chi connectivity index (χ3v) is 5.59. The molecule has 170 valence electrons. The van der Waals surface area contributed by atoms with Gasteiger partial charge in [-0.3, -0.25) is 4.79 Å². The third-order valence-electron chi connectivity index (χ3n) is 5.59. The summed E-state index contributed by atoms with van der Waals surface area (Å²) in [5.74, 6) is 1.45. The monoisotopic (exact) mass is 444 g/mol. The number of anilines is 1. The number of furan rings is 1. The van der Waals surface area contributed by atoms with Crippen LogP contribution in [-0.4, -0.2) is 21.5 Å². The van der Waals surface area contributed by atoms with Crippen molar-refractivity contribution in [2.24, 2.45) is 5.73 Å². The maximum Gasteiger partial charge on any atom is 0.261 e. The van der Waals surface area contributed by atoms with Crippen molar-refractivity contribution in [2.75, 3.05) is 5.32 Å². The van der Waals surface area contributed by atoms with E-state index in [0.29, 0.717) is 11.6 Å². The molecule has 7 heteroatoms.